The minimum Gasteiger partial charge on any atom is -0.820 e. The number of fused-ring (bicyclic) bond motifs is 2. The molecular weight excluding hydrogens is 631 g/mol. The summed E-state index contributed by atoms with van der Waals surface area (Å²) in [5.41, 5.74) is 6.73. The van der Waals surface area contributed by atoms with Crippen molar-refractivity contribution < 1.29 is 14.3 Å². The van der Waals surface area contributed by atoms with Gasteiger partial charge in [-0.2, -0.15) is 8.60 Å². The van der Waals surface area contributed by atoms with Crippen LogP contribution in [0.5, 0.6) is 0 Å². The van der Waals surface area contributed by atoms with E-state index < -0.39 is 14.2 Å². The molecule has 0 aliphatic rings. The van der Waals surface area contributed by atoms with Crippen molar-refractivity contribution in [2.75, 3.05) is 0 Å². The molecule has 0 radical (unpaired) electrons. The predicted octanol–water partition coefficient (Wildman–Crippen LogP) is 12.0. The average Bonchev–Trinajstić information content (AvgIpc) is 2.91. The van der Waals surface area contributed by atoms with Crippen LogP contribution in [0.3, 0.4) is 0 Å². The molecule has 0 spiro atoms. The second-order valence-electron chi connectivity index (χ2n) is 21.1. The van der Waals surface area contributed by atoms with Crippen molar-refractivity contribution in [1.29, 1.82) is 0 Å². The van der Waals surface area contributed by atoms with Gasteiger partial charge in [-0.3, -0.25) is 0 Å². The Morgan fingerprint density at radius 1 is 0.360 bits per heavy atom. The van der Waals surface area contributed by atoms with Gasteiger partial charge in [0, 0.05) is 0 Å². The summed E-state index contributed by atoms with van der Waals surface area (Å²) in [7, 11) is -3.22. The molecule has 0 N–H and O–H groups in total. The first-order chi connectivity index (χ1) is 22.3. The highest BCUT2D eigenvalue weighted by molar-refractivity contribution is 7.36. The van der Waals surface area contributed by atoms with Gasteiger partial charge in [-0.1, -0.05) is 161 Å². The van der Waals surface area contributed by atoms with E-state index >= 15 is 0 Å². The van der Waals surface area contributed by atoms with Gasteiger partial charge in [0.15, 0.2) is 0 Å². The van der Waals surface area contributed by atoms with E-state index in [0.717, 1.165) is 33.0 Å². The molecule has 0 aliphatic carbocycles. The molecule has 0 unspecified atom stereocenters. The van der Waals surface area contributed by atoms with E-state index in [9.17, 15) is 9.79 Å². The molecule has 0 aromatic heterocycles. The molecule has 0 bridgehead atoms. The predicted molar refractivity (Wildman–Crippen MR) is 215 cm³/mol. The lowest BCUT2D eigenvalue weighted by molar-refractivity contribution is -0.324. The minimum atomic E-state index is -3.22. The van der Waals surface area contributed by atoms with Gasteiger partial charge in [-0.15, -0.1) is 0 Å². The van der Waals surface area contributed by atoms with Crippen LogP contribution < -0.4 is 9.79 Å². The summed E-state index contributed by atoms with van der Waals surface area (Å²) in [5, 5.41) is 4.61. The molecule has 50 heavy (non-hydrogen) atoms. The third-order valence-electron chi connectivity index (χ3n) is 10.4. The number of hydrogen-bond acceptors (Lipinski definition) is 3. The lowest BCUT2D eigenvalue weighted by Crippen LogP contribution is -2.35. The van der Waals surface area contributed by atoms with Crippen LogP contribution in [0, 0.1) is 0 Å². The topological polar surface area (TPSA) is 55.3 Å². The smallest absolute Gasteiger partial charge is 0.117 e. The van der Waals surface area contributed by atoms with Crippen LogP contribution in [-0.4, -0.2) is 0 Å². The van der Waals surface area contributed by atoms with E-state index in [1.165, 1.54) is 33.0 Å². The molecule has 4 rings (SSSR count). The summed E-state index contributed by atoms with van der Waals surface area (Å²) >= 11 is 0. The number of rotatable bonds is 4. The molecule has 0 heterocycles. The standard InChI is InChI=1S/C46H65O3P/c1-40(2,3)30-20-28-22-36(44(13,14)15)38(26-32(28)34(24-30)42(7,8)9)46(19,49-50(47)48)39-27-33-29(23-37(39)45(16,17)18)21-31(41(4,5)6)25-35(33)43(10,11)12/h20-27H,1-19H3/q-2. The SMILES string of the molecule is CC(C)(C)c1cc(C(C)(C)C)c2cc(C(C)(OP([O-])[O-])c3cc4c(C(C)(C)C)cc(C(C)(C)C)cc4cc3C(C)(C)C)c(C(C)(C)C)cc2c1. The zero-order valence-electron chi connectivity index (χ0n) is 34.8. The Morgan fingerprint density at radius 2 is 0.660 bits per heavy atom. The van der Waals surface area contributed by atoms with Gasteiger partial charge in [-0.05, 0) is 118 Å². The lowest BCUT2D eigenvalue weighted by Gasteiger charge is -2.46. The monoisotopic (exact) mass is 696 g/mol. The van der Waals surface area contributed by atoms with Gasteiger partial charge in [0.25, 0.3) is 0 Å². The van der Waals surface area contributed by atoms with Crippen LogP contribution in [0.4, 0.5) is 0 Å². The highest BCUT2D eigenvalue weighted by atomic mass is 31.2. The molecule has 4 heteroatoms. The molecule has 0 amide bonds. The molecule has 0 fully saturated rings. The highest BCUT2D eigenvalue weighted by Crippen LogP contribution is 2.51. The zero-order chi connectivity index (χ0) is 38.4. The highest BCUT2D eigenvalue weighted by Gasteiger charge is 2.40. The average molecular weight is 697 g/mol. The van der Waals surface area contributed by atoms with E-state index in [0.29, 0.717) is 0 Å². The van der Waals surface area contributed by atoms with Gasteiger partial charge in [-0.25, -0.2) is 0 Å². The molecule has 4 aromatic rings. The molecule has 274 valence electrons. The van der Waals surface area contributed by atoms with Crippen molar-refractivity contribution >= 4 is 30.1 Å². The van der Waals surface area contributed by atoms with Gasteiger partial charge in [0.1, 0.15) is 5.60 Å². The quantitative estimate of drug-likeness (QED) is 0.200. The first-order valence-corrected chi connectivity index (χ1v) is 19.5. The fourth-order valence-corrected chi connectivity index (χ4v) is 7.85. The summed E-state index contributed by atoms with van der Waals surface area (Å²) in [4.78, 5) is 26.0. The van der Waals surface area contributed by atoms with E-state index in [4.69, 9.17) is 4.52 Å². The second-order valence-corrected chi connectivity index (χ2v) is 21.8. The molecule has 0 atom stereocenters. The van der Waals surface area contributed by atoms with Crippen molar-refractivity contribution in [1.82, 2.24) is 0 Å². The van der Waals surface area contributed by atoms with E-state index in [2.05, 4.69) is 173 Å². The maximum absolute atomic E-state index is 13.0. The summed E-state index contributed by atoms with van der Waals surface area (Å²) in [6.45, 7) is 42.4. The third kappa shape index (κ3) is 8.02. The molecule has 0 saturated heterocycles. The van der Waals surface area contributed by atoms with Crippen molar-refractivity contribution in [3.8, 4) is 0 Å². The Hall–Kier alpha value is -2.29. The Labute approximate surface area is 306 Å². The minimum absolute atomic E-state index is 0.0301. The second kappa shape index (κ2) is 12.7. The fourth-order valence-electron chi connectivity index (χ4n) is 7.35. The normalized spacial score (nSPS) is 14.4. The Kier molecular flexibility index (Phi) is 10.3. The van der Waals surface area contributed by atoms with Crippen molar-refractivity contribution in [3.63, 3.8) is 0 Å². The first kappa shape index (κ1) is 40.5. The van der Waals surface area contributed by atoms with E-state index in [1.807, 2.05) is 6.92 Å². The maximum Gasteiger partial charge on any atom is 0.117 e. The summed E-state index contributed by atoms with van der Waals surface area (Å²) in [6.07, 6.45) is 0. The van der Waals surface area contributed by atoms with Crippen LogP contribution in [0.1, 0.15) is 176 Å². The van der Waals surface area contributed by atoms with Crippen LogP contribution in [0.25, 0.3) is 21.5 Å². The van der Waals surface area contributed by atoms with Crippen molar-refractivity contribution in [2.24, 2.45) is 0 Å². The van der Waals surface area contributed by atoms with Crippen LogP contribution in [0.15, 0.2) is 48.5 Å². The fraction of sp³-hybridized carbons (Fsp3) is 0.565. The maximum atomic E-state index is 13.0. The first-order valence-electron chi connectivity index (χ1n) is 18.4. The Balaban J connectivity index is 2.31. The lowest BCUT2D eigenvalue weighted by atomic mass is 9.69. The van der Waals surface area contributed by atoms with Crippen molar-refractivity contribution in [2.45, 2.75) is 170 Å². The molecule has 4 aromatic carbocycles. The van der Waals surface area contributed by atoms with Crippen molar-refractivity contribution in [3.05, 3.63) is 93.0 Å². The Morgan fingerprint density at radius 3 is 0.900 bits per heavy atom. The van der Waals surface area contributed by atoms with Gasteiger partial charge < -0.3 is 14.3 Å². The summed E-state index contributed by atoms with van der Waals surface area (Å²) in [6, 6.07) is 18.5. The zero-order valence-corrected chi connectivity index (χ0v) is 35.7. The Bertz CT molecular complexity index is 1770. The summed E-state index contributed by atoms with van der Waals surface area (Å²) in [5.74, 6) is 0. The van der Waals surface area contributed by atoms with E-state index in [-0.39, 0.29) is 32.5 Å². The molecule has 3 nitrogen and oxygen atoms in total. The summed E-state index contributed by atoms with van der Waals surface area (Å²) < 4.78 is 6.34. The largest absolute Gasteiger partial charge is 0.820 e. The third-order valence-corrected chi connectivity index (χ3v) is 10.9. The van der Waals surface area contributed by atoms with Crippen LogP contribution >= 0.6 is 8.60 Å². The van der Waals surface area contributed by atoms with Gasteiger partial charge >= 0.3 is 0 Å². The number of hydrogen-bond donors (Lipinski definition) is 0. The van der Waals surface area contributed by atoms with Crippen LogP contribution in [0.2, 0.25) is 0 Å². The van der Waals surface area contributed by atoms with Gasteiger partial charge in [0.05, 0.1) is 0 Å². The van der Waals surface area contributed by atoms with E-state index in [1.54, 1.807) is 0 Å². The van der Waals surface area contributed by atoms with Gasteiger partial charge in [0.2, 0.25) is 0 Å². The molecule has 0 saturated carbocycles. The molecule has 0 aliphatic heterocycles. The molecular formula is C46H65O3P-2. The number of benzene rings is 4. The van der Waals surface area contributed by atoms with Crippen LogP contribution in [-0.2, 0) is 42.6 Å².